The van der Waals surface area contributed by atoms with Gasteiger partial charge in [0.15, 0.2) is 0 Å². The van der Waals surface area contributed by atoms with Gasteiger partial charge in [0.2, 0.25) is 0 Å². The summed E-state index contributed by atoms with van der Waals surface area (Å²) in [6.45, 7) is 1.35. The van der Waals surface area contributed by atoms with Crippen LogP contribution in [0.2, 0.25) is 0 Å². The van der Waals surface area contributed by atoms with Crippen LogP contribution in [0.25, 0.3) is 0 Å². The quantitative estimate of drug-likeness (QED) is 0.679. The summed E-state index contributed by atoms with van der Waals surface area (Å²) in [5, 5.41) is 9.09. The maximum atomic E-state index is 9.09. The molecule has 2 aromatic carbocycles. The highest BCUT2D eigenvalue weighted by Gasteiger charge is 2.45. The number of nitrogens with zero attached hydrogens (tertiary/aromatic N) is 1. The Labute approximate surface area is 160 Å². The van der Waals surface area contributed by atoms with Gasteiger partial charge in [-0.1, -0.05) is 60.7 Å². The summed E-state index contributed by atoms with van der Waals surface area (Å²) >= 11 is 0. The monoisotopic (exact) mass is 367 g/mol. The lowest BCUT2D eigenvalue weighted by Gasteiger charge is -2.23. The SMILES string of the molecule is COC1C(CC#N)O[C@H](COCc2ccccc2)[C@H]1OCc1ccccc1. The molecule has 1 fully saturated rings. The molecular formula is C22H25NO4. The van der Waals surface area contributed by atoms with Crippen LogP contribution in [0, 0.1) is 11.3 Å². The summed E-state index contributed by atoms with van der Waals surface area (Å²) < 4.78 is 23.7. The molecule has 0 radical (unpaired) electrons. The summed E-state index contributed by atoms with van der Waals surface area (Å²) in [7, 11) is 1.63. The topological polar surface area (TPSA) is 60.7 Å². The molecule has 0 bridgehead atoms. The molecule has 2 aromatic rings. The summed E-state index contributed by atoms with van der Waals surface area (Å²) in [4.78, 5) is 0. The van der Waals surface area contributed by atoms with Crippen molar-refractivity contribution >= 4 is 0 Å². The van der Waals surface area contributed by atoms with Gasteiger partial charge in [-0.25, -0.2) is 0 Å². The lowest BCUT2D eigenvalue weighted by molar-refractivity contribution is -0.0804. The molecule has 27 heavy (non-hydrogen) atoms. The third-order valence-corrected chi connectivity index (χ3v) is 4.65. The molecule has 0 N–H and O–H groups in total. The maximum Gasteiger partial charge on any atom is 0.115 e. The van der Waals surface area contributed by atoms with Crippen molar-refractivity contribution < 1.29 is 18.9 Å². The van der Waals surface area contributed by atoms with Crippen LogP contribution in [0.15, 0.2) is 60.7 Å². The van der Waals surface area contributed by atoms with E-state index in [0.717, 1.165) is 11.1 Å². The largest absolute Gasteiger partial charge is 0.376 e. The van der Waals surface area contributed by atoms with E-state index in [4.69, 9.17) is 24.2 Å². The van der Waals surface area contributed by atoms with Gasteiger partial charge in [0.1, 0.15) is 18.3 Å². The van der Waals surface area contributed by atoms with Crippen LogP contribution in [-0.2, 0) is 32.2 Å². The van der Waals surface area contributed by atoms with Gasteiger partial charge in [-0.3, -0.25) is 0 Å². The molecule has 4 atom stereocenters. The first kappa shape index (κ1) is 19.5. The Morgan fingerprint density at radius 2 is 1.52 bits per heavy atom. The van der Waals surface area contributed by atoms with Crippen molar-refractivity contribution in [1.29, 1.82) is 5.26 Å². The molecular weight excluding hydrogens is 342 g/mol. The van der Waals surface area contributed by atoms with Gasteiger partial charge in [-0.2, -0.15) is 5.26 Å². The van der Waals surface area contributed by atoms with Crippen LogP contribution < -0.4 is 0 Å². The van der Waals surface area contributed by atoms with E-state index in [1.54, 1.807) is 7.11 Å². The summed E-state index contributed by atoms with van der Waals surface area (Å²) in [5.41, 5.74) is 2.19. The van der Waals surface area contributed by atoms with Crippen LogP contribution >= 0.6 is 0 Å². The Morgan fingerprint density at radius 1 is 0.889 bits per heavy atom. The van der Waals surface area contributed by atoms with Crippen molar-refractivity contribution in [2.75, 3.05) is 13.7 Å². The smallest absolute Gasteiger partial charge is 0.115 e. The van der Waals surface area contributed by atoms with Gasteiger partial charge >= 0.3 is 0 Å². The van der Waals surface area contributed by atoms with Crippen LogP contribution in [0.5, 0.6) is 0 Å². The molecule has 1 aliphatic heterocycles. The first-order valence-corrected chi connectivity index (χ1v) is 9.14. The molecule has 142 valence electrons. The van der Waals surface area contributed by atoms with Gasteiger partial charge in [0, 0.05) is 7.11 Å². The van der Waals surface area contributed by atoms with Crippen molar-refractivity contribution in [2.45, 2.75) is 44.1 Å². The standard InChI is InChI=1S/C22H25NO4/c1-24-21-19(12-13-23)27-20(16-25-14-17-8-4-2-5-9-17)22(21)26-15-18-10-6-3-7-11-18/h2-11,19-22H,12,14-16H2,1H3/t19?,20-,21?,22-/m1/s1. The third-order valence-electron chi connectivity index (χ3n) is 4.65. The molecule has 5 nitrogen and oxygen atoms in total. The van der Waals surface area contributed by atoms with Crippen molar-refractivity contribution in [3.05, 3.63) is 71.8 Å². The number of nitriles is 1. The Kier molecular flexibility index (Phi) is 7.37. The highest BCUT2D eigenvalue weighted by atomic mass is 16.6. The summed E-state index contributed by atoms with van der Waals surface area (Å²) in [5.74, 6) is 0. The Hall–Kier alpha value is -2.23. The van der Waals surface area contributed by atoms with Crippen molar-refractivity contribution in [2.24, 2.45) is 0 Å². The molecule has 1 heterocycles. The molecule has 0 aliphatic carbocycles. The fourth-order valence-corrected chi connectivity index (χ4v) is 3.31. The first-order valence-electron chi connectivity index (χ1n) is 9.14. The van der Waals surface area contributed by atoms with E-state index in [0.29, 0.717) is 19.8 Å². The van der Waals surface area contributed by atoms with Gasteiger partial charge in [-0.15, -0.1) is 0 Å². The molecule has 2 unspecified atom stereocenters. The van der Waals surface area contributed by atoms with E-state index in [1.165, 1.54) is 0 Å². The van der Waals surface area contributed by atoms with Crippen LogP contribution in [0.4, 0.5) is 0 Å². The Bertz CT molecular complexity index is 716. The fraction of sp³-hybridized carbons (Fsp3) is 0.409. The van der Waals surface area contributed by atoms with Gasteiger partial charge in [0.25, 0.3) is 0 Å². The Balaban J connectivity index is 1.61. The van der Waals surface area contributed by atoms with E-state index in [1.807, 2.05) is 60.7 Å². The normalized spacial score (nSPS) is 24.6. The van der Waals surface area contributed by atoms with Crippen LogP contribution in [0.1, 0.15) is 17.5 Å². The predicted octanol–water partition coefficient (Wildman–Crippen LogP) is 3.48. The minimum Gasteiger partial charge on any atom is -0.376 e. The fourth-order valence-electron chi connectivity index (χ4n) is 3.31. The molecule has 3 rings (SSSR count). The molecule has 0 amide bonds. The van der Waals surface area contributed by atoms with E-state index in [2.05, 4.69) is 6.07 Å². The Morgan fingerprint density at radius 3 is 2.11 bits per heavy atom. The molecule has 0 saturated carbocycles. The van der Waals surface area contributed by atoms with E-state index in [-0.39, 0.29) is 30.8 Å². The predicted molar refractivity (Wildman–Crippen MR) is 101 cm³/mol. The van der Waals surface area contributed by atoms with Gasteiger partial charge in [0.05, 0.1) is 38.4 Å². The molecule has 5 heteroatoms. The van der Waals surface area contributed by atoms with E-state index < -0.39 is 0 Å². The number of rotatable bonds is 9. The second-order valence-electron chi connectivity index (χ2n) is 6.54. The van der Waals surface area contributed by atoms with Crippen LogP contribution in [-0.4, -0.2) is 38.1 Å². The second kappa shape index (κ2) is 10.2. The van der Waals surface area contributed by atoms with Crippen molar-refractivity contribution in [1.82, 2.24) is 0 Å². The zero-order chi connectivity index (χ0) is 18.9. The number of hydrogen-bond acceptors (Lipinski definition) is 5. The average Bonchev–Trinajstić information content (AvgIpc) is 3.04. The summed E-state index contributed by atoms with van der Waals surface area (Å²) in [6, 6.07) is 22.1. The number of methoxy groups -OCH3 is 1. The van der Waals surface area contributed by atoms with Gasteiger partial charge < -0.3 is 18.9 Å². The maximum absolute atomic E-state index is 9.09. The molecule has 1 saturated heterocycles. The third kappa shape index (κ3) is 5.38. The molecule has 0 aromatic heterocycles. The minimum absolute atomic E-state index is 0.263. The molecule has 0 spiro atoms. The molecule has 1 aliphatic rings. The van der Waals surface area contributed by atoms with E-state index in [9.17, 15) is 0 Å². The summed E-state index contributed by atoms with van der Waals surface area (Å²) in [6.07, 6.45) is -0.909. The lowest BCUT2D eigenvalue weighted by atomic mass is 10.1. The first-order chi connectivity index (χ1) is 13.3. The highest BCUT2D eigenvalue weighted by Crippen LogP contribution is 2.29. The number of ether oxygens (including phenoxy) is 4. The minimum atomic E-state index is -0.314. The van der Waals surface area contributed by atoms with Gasteiger partial charge in [-0.05, 0) is 11.1 Å². The van der Waals surface area contributed by atoms with Crippen molar-refractivity contribution in [3.8, 4) is 6.07 Å². The average molecular weight is 367 g/mol. The lowest BCUT2D eigenvalue weighted by Crippen LogP contribution is -2.38. The zero-order valence-corrected chi connectivity index (χ0v) is 15.5. The highest BCUT2D eigenvalue weighted by molar-refractivity contribution is 5.14. The number of hydrogen-bond donors (Lipinski definition) is 0. The number of benzene rings is 2. The van der Waals surface area contributed by atoms with Crippen LogP contribution in [0.3, 0.4) is 0 Å². The van der Waals surface area contributed by atoms with E-state index >= 15 is 0 Å². The second-order valence-corrected chi connectivity index (χ2v) is 6.54. The zero-order valence-electron chi connectivity index (χ0n) is 15.5. The van der Waals surface area contributed by atoms with Crippen molar-refractivity contribution in [3.63, 3.8) is 0 Å².